The van der Waals surface area contributed by atoms with E-state index in [1.807, 2.05) is 36.4 Å². The monoisotopic (exact) mass is 446 g/mol. The zero-order chi connectivity index (χ0) is 23.4. The molecule has 6 heteroatoms. The zero-order valence-corrected chi connectivity index (χ0v) is 18.8. The maximum atomic E-state index is 13.7. The molecule has 2 atom stereocenters. The van der Waals surface area contributed by atoms with Crippen molar-refractivity contribution in [3.8, 4) is 0 Å². The van der Waals surface area contributed by atoms with E-state index in [0.29, 0.717) is 35.5 Å². The van der Waals surface area contributed by atoms with Gasteiger partial charge in [-0.15, -0.1) is 0 Å². The van der Waals surface area contributed by atoms with Crippen molar-refractivity contribution in [2.45, 2.75) is 25.3 Å². The number of anilines is 1. The lowest BCUT2D eigenvalue weighted by Crippen LogP contribution is -2.47. The van der Waals surface area contributed by atoms with Gasteiger partial charge in [-0.1, -0.05) is 49.4 Å². The van der Waals surface area contributed by atoms with Gasteiger partial charge in [-0.2, -0.15) is 0 Å². The first-order valence-electron chi connectivity index (χ1n) is 11.1. The number of carbonyl (C=O) groups is 2. The van der Waals surface area contributed by atoms with E-state index in [-0.39, 0.29) is 17.6 Å². The first-order chi connectivity index (χ1) is 16.0. The molecule has 0 bridgehead atoms. The highest BCUT2D eigenvalue weighted by molar-refractivity contribution is 6.04. The van der Waals surface area contributed by atoms with Gasteiger partial charge < -0.3 is 15.0 Å². The third-order valence-electron chi connectivity index (χ3n) is 6.10. The van der Waals surface area contributed by atoms with Crippen LogP contribution >= 0.6 is 0 Å². The molecule has 0 saturated heterocycles. The predicted molar refractivity (Wildman–Crippen MR) is 126 cm³/mol. The van der Waals surface area contributed by atoms with Crippen molar-refractivity contribution in [1.29, 1.82) is 0 Å². The summed E-state index contributed by atoms with van der Waals surface area (Å²) in [6.07, 6.45) is 0.910. The summed E-state index contributed by atoms with van der Waals surface area (Å²) in [5.74, 6) is -1.45. The number of methoxy groups -OCH3 is 1. The molecule has 1 N–H and O–H groups in total. The molecule has 5 nitrogen and oxygen atoms in total. The Kier molecular flexibility index (Phi) is 6.84. The van der Waals surface area contributed by atoms with Gasteiger partial charge in [0.25, 0.3) is 5.91 Å². The van der Waals surface area contributed by atoms with Crippen LogP contribution in [0, 0.1) is 5.82 Å². The molecule has 0 fully saturated rings. The van der Waals surface area contributed by atoms with Gasteiger partial charge in [-0.05, 0) is 53.4 Å². The van der Waals surface area contributed by atoms with Crippen molar-refractivity contribution < 1.29 is 18.7 Å². The minimum absolute atomic E-state index is 0.173. The number of hydrogen-bond acceptors (Lipinski definition) is 3. The number of fused-ring (bicyclic) bond motifs is 1. The smallest absolute Gasteiger partial charge is 0.254 e. The van der Waals surface area contributed by atoms with Crippen molar-refractivity contribution in [2.75, 3.05) is 25.6 Å². The Bertz CT molecular complexity index is 1130. The summed E-state index contributed by atoms with van der Waals surface area (Å²) in [5.41, 5.74) is 3.71. The van der Waals surface area contributed by atoms with Gasteiger partial charge in [-0.3, -0.25) is 9.59 Å². The Hall–Kier alpha value is -3.51. The second-order valence-electron chi connectivity index (χ2n) is 8.09. The van der Waals surface area contributed by atoms with E-state index >= 15 is 0 Å². The first-order valence-corrected chi connectivity index (χ1v) is 11.1. The Balaban J connectivity index is 1.79. The van der Waals surface area contributed by atoms with E-state index in [1.165, 1.54) is 17.7 Å². The number of rotatable bonds is 7. The molecule has 0 aromatic heterocycles. The largest absolute Gasteiger partial charge is 0.383 e. The molecule has 0 saturated carbocycles. The molecule has 3 aromatic rings. The van der Waals surface area contributed by atoms with E-state index in [0.717, 1.165) is 6.42 Å². The quantitative estimate of drug-likeness (QED) is 0.559. The lowest BCUT2D eigenvalue weighted by atomic mass is 9.79. The SMILES string of the molecule is CCc1ccc(NC(=O)C2c3ccccc3C(=O)N(CCOC)C2c2ccc(F)cc2)cc1. The minimum Gasteiger partial charge on any atom is -0.383 e. The van der Waals surface area contributed by atoms with E-state index in [4.69, 9.17) is 4.74 Å². The minimum atomic E-state index is -0.674. The standard InChI is InChI=1S/C27H27FN2O3/c1-3-18-8-14-21(15-9-18)29-26(31)24-22-6-4-5-7-23(22)27(32)30(16-17-33-2)25(24)19-10-12-20(28)13-11-19/h4-15,24-25H,3,16-17H2,1-2H3,(H,29,31). The fourth-order valence-corrected chi connectivity index (χ4v) is 4.39. The van der Waals surface area contributed by atoms with Crippen LogP contribution in [0.25, 0.3) is 0 Å². The molecular weight excluding hydrogens is 419 g/mol. The Morgan fingerprint density at radius 2 is 1.73 bits per heavy atom. The Morgan fingerprint density at radius 1 is 1.03 bits per heavy atom. The highest BCUT2D eigenvalue weighted by Gasteiger charge is 2.44. The summed E-state index contributed by atoms with van der Waals surface area (Å²) >= 11 is 0. The number of hydrogen-bond donors (Lipinski definition) is 1. The van der Waals surface area contributed by atoms with Gasteiger partial charge in [0, 0.05) is 24.9 Å². The molecule has 33 heavy (non-hydrogen) atoms. The van der Waals surface area contributed by atoms with Crippen LogP contribution in [0.1, 0.15) is 45.9 Å². The van der Waals surface area contributed by atoms with Crippen molar-refractivity contribution >= 4 is 17.5 Å². The van der Waals surface area contributed by atoms with Crippen molar-refractivity contribution in [3.63, 3.8) is 0 Å². The van der Waals surface area contributed by atoms with Crippen molar-refractivity contribution in [2.24, 2.45) is 0 Å². The summed E-state index contributed by atoms with van der Waals surface area (Å²) < 4.78 is 18.9. The van der Waals surface area contributed by atoms with Gasteiger partial charge in [0.1, 0.15) is 5.82 Å². The van der Waals surface area contributed by atoms with Gasteiger partial charge in [0.05, 0.1) is 18.6 Å². The fraction of sp³-hybridized carbons (Fsp3) is 0.259. The average molecular weight is 447 g/mol. The maximum absolute atomic E-state index is 13.7. The second kappa shape index (κ2) is 9.96. The summed E-state index contributed by atoms with van der Waals surface area (Å²) in [5, 5.41) is 3.02. The molecule has 1 aliphatic heterocycles. The topological polar surface area (TPSA) is 58.6 Å². The molecule has 3 aromatic carbocycles. The number of benzene rings is 3. The van der Waals surface area contributed by atoms with E-state index < -0.39 is 12.0 Å². The highest BCUT2D eigenvalue weighted by atomic mass is 19.1. The molecule has 4 rings (SSSR count). The van der Waals surface area contributed by atoms with Crippen LogP contribution in [0.2, 0.25) is 0 Å². The maximum Gasteiger partial charge on any atom is 0.254 e. The van der Waals surface area contributed by atoms with Crippen LogP contribution < -0.4 is 5.32 Å². The van der Waals surface area contributed by atoms with Crippen molar-refractivity contribution in [1.82, 2.24) is 4.90 Å². The molecule has 1 heterocycles. The molecule has 0 spiro atoms. The van der Waals surface area contributed by atoms with Crippen LogP contribution in [-0.4, -0.2) is 37.0 Å². The summed E-state index contributed by atoms with van der Waals surface area (Å²) in [7, 11) is 1.57. The zero-order valence-electron chi connectivity index (χ0n) is 18.8. The average Bonchev–Trinajstić information content (AvgIpc) is 2.84. The summed E-state index contributed by atoms with van der Waals surface area (Å²) in [4.78, 5) is 28.8. The van der Waals surface area contributed by atoms with Crippen molar-refractivity contribution in [3.05, 3.63) is 101 Å². The fourth-order valence-electron chi connectivity index (χ4n) is 4.39. The van der Waals surface area contributed by atoms with Crippen LogP contribution in [0.4, 0.5) is 10.1 Å². The van der Waals surface area contributed by atoms with E-state index in [9.17, 15) is 14.0 Å². The van der Waals surface area contributed by atoms with E-state index in [1.54, 1.807) is 36.3 Å². The number of nitrogens with zero attached hydrogens (tertiary/aromatic N) is 1. The first kappa shape index (κ1) is 22.7. The van der Waals surface area contributed by atoms with Crippen LogP contribution in [0.15, 0.2) is 72.8 Å². The number of aryl methyl sites for hydroxylation is 1. The predicted octanol–water partition coefficient (Wildman–Crippen LogP) is 4.95. The molecule has 0 radical (unpaired) electrons. The molecule has 2 amide bonds. The lowest BCUT2D eigenvalue weighted by Gasteiger charge is -2.41. The Labute approximate surface area is 193 Å². The normalized spacial score (nSPS) is 17.5. The van der Waals surface area contributed by atoms with Crippen LogP contribution in [0.5, 0.6) is 0 Å². The lowest BCUT2D eigenvalue weighted by molar-refractivity contribution is -0.119. The van der Waals surface area contributed by atoms with E-state index in [2.05, 4.69) is 12.2 Å². The highest BCUT2D eigenvalue weighted by Crippen LogP contribution is 2.43. The number of amides is 2. The number of carbonyl (C=O) groups excluding carboxylic acids is 2. The molecule has 0 aliphatic carbocycles. The third kappa shape index (κ3) is 4.66. The Morgan fingerprint density at radius 3 is 2.39 bits per heavy atom. The summed E-state index contributed by atoms with van der Waals surface area (Å²) in [6, 6.07) is 20.3. The second-order valence-corrected chi connectivity index (χ2v) is 8.09. The van der Waals surface area contributed by atoms with Gasteiger partial charge in [-0.25, -0.2) is 4.39 Å². The summed E-state index contributed by atoms with van der Waals surface area (Å²) in [6.45, 7) is 2.70. The number of halogens is 1. The molecular formula is C27H27FN2O3. The molecule has 2 unspecified atom stereocenters. The van der Waals surface area contributed by atoms with Crippen LogP contribution in [0.3, 0.4) is 0 Å². The molecule has 1 aliphatic rings. The van der Waals surface area contributed by atoms with Gasteiger partial charge >= 0.3 is 0 Å². The number of ether oxygens (including phenoxy) is 1. The molecule has 170 valence electrons. The third-order valence-corrected chi connectivity index (χ3v) is 6.10. The van der Waals surface area contributed by atoms with Gasteiger partial charge in [0.2, 0.25) is 5.91 Å². The van der Waals surface area contributed by atoms with Crippen LogP contribution in [-0.2, 0) is 16.0 Å². The van der Waals surface area contributed by atoms with Gasteiger partial charge in [0.15, 0.2) is 0 Å². The number of nitrogens with one attached hydrogen (secondary N) is 1.